The molecule has 18 heavy (non-hydrogen) atoms. The van der Waals surface area contributed by atoms with Gasteiger partial charge in [-0.05, 0) is 18.2 Å². The van der Waals surface area contributed by atoms with Gasteiger partial charge in [0, 0.05) is 18.8 Å². The Morgan fingerprint density at radius 1 is 1.61 bits per heavy atom. The molecule has 0 bridgehead atoms. The van der Waals surface area contributed by atoms with Crippen LogP contribution in [0.15, 0.2) is 18.2 Å². The van der Waals surface area contributed by atoms with Crippen LogP contribution in [0.4, 0.5) is 10.1 Å². The minimum Gasteiger partial charge on any atom is -0.366 e. The van der Waals surface area contributed by atoms with Crippen molar-refractivity contribution < 1.29 is 13.9 Å². The zero-order valence-electron chi connectivity index (χ0n) is 9.57. The van der Waals surface area contributed by atoms with Crippen molar-refractivity contribution in [3.05, 3.63) is 29.6 Å². The fourth-order valence-corrected chi connectivity index (χ4v) is 1.65. The third-order valence-corrected chi connectivity index (χ3v) is 2.57. The normalized spacial score (nSPS) is 19.0. The maximum absolute atomic E-state index is 13.1. The Balaban J connectivity index is 2.05. The molecular weight excluding hydrogens is 237 g/mol. The van der Waals surface area contributed by atoms with Crippen LogP contribution in [0.5, 0.6) is 0 Å². The zero-order chi connectivity index (χ0) is 13.0. The van der Waals surface area contributed by atoms with Gasteiger partial charge in [-0.3, -0.25) is 4.79 Å². The lowest BCUT2D eigenvalue weighted by Gasteiger charge is -2.22. The highest BCUT2D eigenvalue weighted by atomic mass is 19.1. The van der Waals surface area contributed by atoms with Crippen molar-refractivity contribution in [1.29, 1.82) is 5.26 Å². The van der Waals surface area contributed by atoms with Gasteiger partial charge in [-0.15, -0.1) is 0 Å². The van der Waals surface area contributed by atoms with Gasteiger partial charge < -0.3 is 15.4 Å². The molecule has 0 spiro atoms. The average molecular weight is 249 g/mol. The van der Waals surface area contributed by atoms with E-state index in [-0.39, 0.29) is 11.5 Å². The monoisotopic (exact) mass is 249 g/mol. The molecular formula is C12H12FN3O2. The van der Waals surface area contributed by atoms with E-state index in [1.54, 1.807) is 6.07 Å². The first-order valence-corrected chi connectivity index (χ1v) is 5.53. The number of carbonyl (C=O) groups is 1. The second kappa shape index (κ2) is 5.58. The SMILES string of the molecule is N#Cc1cc(NC(=O)C2CNCCO2)ccc1F. The first-order valence-electron chi connectivity index (χ1n) is 5.53. The van der Waals surface area contributed by atoms with E-state index in [1.807, 2.05) is 0 Å². The van der Waals surface area contributed by atoms with Gasteiger partial charge in [-0.2, -0.15) is 5.26 Å². The molecule has 0 aromatic heterocycles. The van der Waals surface area contributed by atoms with Gasteiger partial charge in [0.25, 0.3) is 5.91 Å². The molecule has 2 rings (SSSR count). The van der Waals surface area contributed by atoms with Gasteiger partial charge in [0.2, 0.25) is 0 Å². The number of carbonyl (C=O) groups excluding carboxylic acids is 1. The van der Waals surface area contributed by atoms with Crippen LogP contribution >= 0.6 is 0 Å². The molecule has 1 aromatic carbocycles. The van der Waals surface area contributed by atoms with Crippen molar-refractivity contribution in [2.45, 2.75) is 6.10 Å². The molecule has 1 atom stereocenters. The molecule has 1 aliphatic rings. The van der Waals surface area contributed by atoms with Crippen molar-refractivity contribution in [1.82, 2.24) is 5.32 Å². The molecule has 0 saturated carbocycles. The number of nitrogens with zero attached hydrogens (tertiary/aromatic N) is 1. The van der Waals surface area contributed by atoms with Crippen molar-refractivity contribution in [3.8, 4) is 6.07 Å². The number of hydrogen-bond acceptors (Lipinski definition) is 4. The van der Waals surface area contributed by atoms with Gasteiger partial charge in [-0.1, -0.05) is 0 Å². The van der Waals surface area contributed by atoms with Gasteiger partial charge in [-0.25, -0.2) is 4.39 Å². The second-order valence-electron chi connectivity index (χ2n) is 3.86. The number of ether oxygens (including phenoxy) is 1. The molecule has 1 amide bonds. The van der Waals surface area contributed by atoms with Gasteiger partial charge >= 0.3 is 0 Å². The van der Waals surface area contributed by atoms with Crippen LogP contribution in [0.2, 0.25) is 0 Å². The van der Waals surface area contributed by atoms with E-state index < -0.39 is 11.9 Å². The van der Waals surface area contributed by atoms with Gasteiger partial charge in [0.05, 0.1) is 12.2 Å². The first kappa shape index (κ1) is 12.5. The third-order valence-electron chi connectivity index (χ3n) is 2.57. The lowest BCUT2D eigenvalue weighted by atomic mass is 10.2. The van der Waals surface area contributed by atoms with Crippen molar-refractivity contribution in [2.24, 2.45) is 0 Å². The van der Waals surface area contributed by atoms with Crippen LogP contribution in [0, 0.1) is 17.1 Å². The zero-order valence-corrected chi connectivity index (χ0v) is 9.57. The lowest BCUT2D eigenvalue weighted by Crippen LogP contribution is -2.45. The first-order chi connectivity index (χ1) is 8.70. The minimum atomic E-state index is -0.605. The van der Waals surface area contributed by atoms with Crippen LogP contribution < -0.4 is 10.6 Å². The Morgan fingerprint density at radius 3 is 3.11 bits per heavy atom. The van der Waals surface area contributed by atoms with E-state index in [4.69, 9.17) is 10.00 Å². The lowest BCUT2D eigenvalue weighted by molar-refractivity contribution is -0.128. The molecule has 0 aliphatic carbocycles. The maximum atomic E-state index is 13.1. The maximum Gasteiger partial charge on any atom is 0.254 e. The number of nitrogens with one attached hydrogen (secondary N) is 2. The molecule has 1 unspecified atom stereocenters. The summed E-state index contributed by atoms with van der Waals surface area (Å²) in [4.78, 5) is 11.8. The minimum absolute atomic E-state index is 0.101. The Bertz CT molecular complexity index is 493. The van der Waals surface area contributed by atoms with E-state index >= 15 is 0 Å². The van der Waals surface area contributed by atoms with Crippen LogP contribution in [0.25, 0.3) is 0 Å². The van der Waals surface area contributed by atoms with E-state index in [1.165, 1.54) is 12.1 Å². The largest absolute Gasteiger partial charge is 0.366 e. The van der Waals surface area contributed by atoms with Crippen molar-refractivity contribution in [2.75, 3.05) is 25.0 Å². The number of benzene rings is 1. The number of rotatable bonds is 2. The molecule has 1 saturated heterocycles. The van der Waals surface area contributed by atoms with Crippen LogP contribution in [-0.4, -0.2) is 31.7 Å². The predicted molar refractivity (Wildman–Crippen MR) is 62.4 cm³/mol. The van der Waals surface area contributed by atoms with E-state index in [9.17, 15) is 9.18 Å². The number of halogens is 1. The summed E-state index contributed by atoms with van der Waals surface area (Å²) in [7, 11) is 0. The van der Waals surface area contributed by atoms with Crippen LogP contribution in [0.1, 0.15) is 5.56 Å². The van der Waals surface area contributed by atoms with Crippen LogP contribution in [-0.2, 0) is 9.53 Å². The topological polar surface area (TPSA) is 74.2 Å². The second-order valence-corrected chi connectivity index (χ2v) is 3.86. The molecule has 6 heteroatoms. The molecule has 5 nitrogen and oxygen atoms in total. The summed E-state index contributed by atoms with van der Waals surface area (Å²) >= 11 is 0. The number of nitriles is 1. The molecule has 1 aliphatic heterocycles. The molecule has 1 heterocycles. The molecule has 1 aromatic rings. The summed E-state index contributed by atoms with van der Waals surface area (Å²) in [6.45, 7) is 1.64. The molecule has 94 valence electrons. The smallest absolute Gasteiger partial charge is 0.254 e. The van der Waals surface area contributed by atoms with E-state index in [0.29, 0.717) is 18.8 Å². The van der Waals surface area contributed by atoms with Crippen molar-refractivity contribution >= 4 is 11.6 Å². The summed E-state index contributed by atoms with van der Waals surface area (Å²) in [6.07, 6.45) is -0.561. The number of hydrogen-bond donors (Lipinski definition) is 2. The highest BCUT2D eigenvalue weighted by molar-refractivity contribution is 5.94. The Morgan fingerprint density at radius 2 is 2.44 bits per heavy atom. The number of amides is 1. The quantitative estimate of drug-likeness (QED) is 0.806. The van der Waals surface area contributed by atoms with Gasteiger partial charge in [0.15, 0.2) is 0 Å². The molecule has 0 radical (unpaired) electrons. The van der Waals surface area contributed by atoms with Crippen LogP contribution in [0.3, 0.4) is 0 Å². The van der Waals surface area contributed by atoms with Crippen molar-refractivity contribution in [3.63, 3.8) is 0 Å². The summed E-state index contributed by atoms with van der Waals surface area (Å²) in [6, 6.07) is 5.57. The summed E-state index contributed by atoms with van der Waals surface area (Å²) in [5.41, 5.74) is 0.280. The highest BCUT2D eigenvalue weighted by Crippen LogP contribution is 2.14. The summed E-state index contributed by atoms with van der Waals surface area (Å²) in [5, 5.41) is 14.3. The molecule has 1 fully saturated rings. The average Bonchev–Trinajstić information content (AvgIpc) is 2.42. The van der Waals surface area contributed by atoms with Gasteiger partial charge in [0.1, 0.15) is 18.0 Å². The fraction of sp³-hybridized carbons (Fsp3) is 0.333. The Hall–Kier alpha value is -1.97. The number of anilines is 1. The Kier molecular flexibility index (Phi) is 3.87. The number of morpholine rings is 1. The van der Waals surface area contributed by atoms with E-state index in [2.05, 4.69) is 10.6 Å². The predicted octanol–water partition coefficient (Wildman–Crippen LogP) is 0.624. The Labute approximate surface area is 104 Å². The highest BCUT2D eigenvalue weighted by Gasteiger charge is 2.21. The summed E-state index contributed by atoms with van der Waals surface area (Å²) < 4.78 is 18.4. The standard InChI is InChI=1S/C12H12FN3O2/c13-10-2-1-9(5-8(10)6-14)16-12(17)11-7-15-3-4-18-11/h1-2,5,11,15H,3-4,7H2,(H,16,17). The summed E-state index contributed by atoms with van der Waals surface area (Å²) in [5.74, 6) is -0.913. The van der Waals surface area contributed by atoms with E-state index in [0.717, 1.165) is 12.6 Å². The third kappa shape index (κ3) is 2.83. The molecule has 2 N–H and O–H groups in total. The fourth-order valence-electron chi connectivity index (χ4n) is 1.65.